The average Bonchev–Trinajstić information content (AvgIpc) is 2.70. The van der Waals surface area contributed by atoms with Crippen LogP contribution in [0.1, 0.15) is 0 Å². The Balaban J connectivity index is 1.70. The number of aliphatic hydroxyl groups excluding tert-OH is 2. The molecule has 0 spiro atoms. The summed E-state index contributed by atoms with van der Waals surface area (Å²) < 4.78 is 5.69. The van der Waals surface area contributed by atoms with Crippen molar-refractivity contribution >= 4 is 29.2 Å². The molecule has 1 aromatic rings. The summed E-state index contributed by atoms with van der Waals surface area (Å²) in [5.41, 5.74) is -0.421. The molecule has 2 N–H and O–H groups in total. The Hall–Kier alpha value is -0.800. The van der Waals surface area contributed by atoms with E-state index in [-0.39, 0.29) is 17.0 Å². The van der Waals surface area contributed by atoms with Crippen molar-refractivity contribution in [3.8, 4) is 0 Å². The third-order valence-corrected chi connectivity index (χ3v) is 6.02. The summed E-state index contributed by atoms with van der Waals surface area (Å²) in [6.45, 7) is 0. The maximum atomic E-state index is 10.6. The number of hydrogen-bond acceptors (Lipinski definition) is 7. The normalized spacial score (nSPS) is 36.0. The summed E-state index contributed by atoms with van der Waals surface area (Å²) >= 11 is 2.85. The number of benzene rings is 1. The van der Waals surface area contributed by atoms with Crippen molar-refractivity contribution in [2.24, 2.45) is 0 Å². The van der Waals surface area contributed by atoms with Crippen LogP contribution in [-0.2, 0) is 4.74 Å². The molecular formula is C12H13NO5S2. The Morgan fingerprint density at radius 3 is 2.65 bits per heavy atom. The number of fused-ring (bicyclic) bond motifs is 2. The van der Waals surface area contributed by atoms with Gasteiger partial charge >= 0.3 is 0 Å². The van der Waals surface area contributed by atoms with Crippen molar-refractivity contribution < 1.29 is 19.9 Å². The number of hydrogen-bond donors (Lipinski definition) is 2. The lowest BCUT2D eigenvalue weighted by molar-refractivity contribution is -0.384. The van der Waals surface area contributed by atoms with Crippen LogP contribution in [0, 0.1) is 10.1 Å². The van der Waals surface area contributed by atoms with Crippen molar-refractivity contribution in [2.45, 2.75) is 33.9 Å². The first kappa shape index (κ1) is 14.2. The fourth-order valence-electron chi connectivity index (χ4n) is 2.32. The van der Waals surface area contributed by atoms with E-state index in [4.69, 9.17) is 4.74 Å². The number of non-ortho nitro benzene ring substituents is 1. The van der Waals surface area contributed by atoms with Gasteiger partial charge in [-0.05, 0) is 12.1 Å². The van der Waals surface area contributed by atoms with Gasteiger partial charge in [0, 0.05) is 22.8 Å². The average molecular weight is 315 g/mol. The summed E-state index contributed by atoms with van der Waals surface area (Å²) in [6, 6.07) is 6.13. The lowest BCUT2D eigenvalue weighted by atomic mass is 10.0. The van der Waals surface area contributed by atoms with Gasteiger partial charge in [-0.15, -0.1) is 0 Å². The van der Waals surface area contributed by atoms with Gasteiger partial charge in [0.15, 0.2) is 0 Å². The molecule has 20 heavy (non-hydrogen) atoms. The molecule has 2 bridgehead atoms. The molecule has 0 unspecified atom stereocenters. The van der Waals surface area contributed by atoms with Crippen LogP contribution in [0.4, 0.5) is 5.69 Å². The second kappa shape index (κ2) is 5.53. The van der Waals surface area contributed by atoms with E-state index < -0.39 is 22.6 Å². The van der Waals surface area contributed by atoms with Crippen molar-refractivity contribution in [3.63, 3.8) is 0 Å². The van der Waals surface area contributed by atoms with Gasteiger partial charge in [-0.25, -0.2) is 0 Å². The minimum Gasteiger partial charge on any atom is -0.389 e. The van der Waals surface area contributed by atoms with Gasteiger partial charge in [0.25, 0.3) is 5.69 Å². The third kappa shape index (κ3) is 2.53. The predicted octanol–water partition coefficient (Wildman–Crippen LogP) is 1.25. The minimum atomic E-state index is -0.756. The smallest absolute Gasteiger partial charge is 0.269 e. The van der Waals surface area contributed by atoms with Gasteiger partial charge < -0.3 is 14.9 Å². The molecule has 2 aliphatic heterocycles. The van der Waals surface area contributed by atoms with Crippen LogP contribution < -0.4 is 0 Å². The molecule has 0 aromatic heterocycles. The summed E-state index contributed by atoms with van der Waals surface area (Å²) in [5.74, 6) is 0.681. The van der Waals surface area contributed by atoms with Gasteiger partial charge in [0.1, 0.15) is 11.5 Å². The molecule has 5 atom stereocenters. The number of rotatable bonds is 3. The molecular weight excluding hydrogens is 302 g/mol. The quantitative estimate of drug-likeness (QED) is 0.640. The number of ether oxygens (including phenoxy) is 1. The van der Waals surface area contributed by atoms with E-state index in [1.54, 1.807) is 12.1 Å². The molecule has 2 fully saturated rings. The molecule has 108 valence electrons. The predicted molar refractivity (Wildman–Crippen MR) is 75.9 cm³/mol. The SMILES string of the molecule is O=[N+]([O-])c1ccc(S[C@@H]2O[C@H]3CS[C@@H]([C@H]2O)[C@@H]3O)cc1. The largest absolute Gasteiger partial charge is 0.389 e. The van der Waals surface area contributed by atoms with E-state index in [0.717, 1.165) is 4.90 Å². The Bertz CT molecular complexity index is 511. The Morgan fingerprint density at radius 2 is 2.00 bits per heavy atom. The van der Waals surface area contributed by atoms with Crippen molar-refractivity contribution in [1.29, 1.82) is 0 Å². The highest BCUT2D eigenvalue weighted by Gasteiger charge is 2.49. The Morgan fingerprint density at radius 1 is 1.30 bits per heavy atom. The molecule has 1 aromatic carbocycles. The lowest BCUT2D eigenvalue weighted by Crippen LogP contribution is -2.50. The number of nitro groups is 1. The molecule has 8 heteroatoms. The third-order valence-electron chi connectivity index (χ3n) is 3.39. The van der Waals surface area contributed by atoms with E-state index in [1.807, 2.05) is 0 Å². The topological polar surface area (TPSA) is 92.8 Å². The minimum absolute atomic E-state index is 0.0329. The number of aliphatic hydroxyl groups is 2. The van der Waals surface area contributed by atoms with Gasteiger partial charge in [-0.1, -0.05) is 11.8 Å². The second-order valence-corrected chi connectivity index (χ2v) is 7.07. The van der Waals surface area contributed by atoms with Gasteiger partial charge in [-0.3, -0.25) is 10.1 Å². The van der Waals surface area contributed by atoms with Gasteiger partial charge in [0.2, 0.25) is 0 Å². The summed E-state index contributed by atoms with van der Waals surface area (Å²) in [4.78, 5) is 10.9. The number of nitrogens with zero attached hydrogens (tertiary/aromatic N) is 1. The van der Waals surface area contributed by atoms with Crippen LogP contribution in [0.15, 0.2) is 29.2 Å². The highest BCUT2D eigenvalue weighted by atomic mass is 32.2. The molecule has 0 aliphatic carbocycles. The summed E-state index contributed by atoms with van der Waals surface area (Å²) in [7, 11) is 0. The van der Waals surface area contributed by atoms with Crippen LogP contribution in [0.2, 0.25) is 0 Å². The van der Waals surface area contributed by atoms with Gasteiger partial charge in [0.05, 0.1) is 22.4 Å². The summed E-state index contributed by atoms with van der Waals surface area (Å²) in [6.07, 6.45) is -1.62. The van der Waals surface area contributed by atoms with Crippen LogP contribution in [-0.4, -0.2) is 49.9 Å². The van der Waals surface area contributed by atoms with Crippen LogP contribution >= 0.6 is 23.5 Å². The van der Waals surface area contributed by atoms with Crippen LogP contribution in [0.3, 0.4) is 0 Å². The molecule has 2 aliphatic rings. The second-order valence-electron chi connectivity index (χ2n) is 4.69. The molecule has 2 saturated heterocycles. The molecule has 3 rings (SSSR count). The first-order valence-electron chi connectivity index (χ1n) is 6.10. The summed E-state index contributed by atoms with van der Waals surface area (Å²) in [5, 5.41) is 30.4. The van der Waals surface area contributed by atoms with E-state index in [1.165, 1.54) is 35.7 Å². The molecule has 0 radical (unpaired) electrons. The molecule has 0 saturated carbocycles. The van der Waals surface area contributed by atoms with Crippen LogP contribution in [0.25, 0.3) is 0 Å². The Labute approximate surface area is 123 Å². The fraction of sp³-hybridized carbons (Fsp3) is 0.500. The van der Waals surface area contributed by atoms with E-state index >= 15 is 0 Å². The lowest BCUT2D eigenvalue weighted by Gasteiger charge is -2.35. The van der Waals surface area contributed by atoms with Crippen LogP contribution in [0.5, 0.6) is 0 Å². The fourth-order valence-corrected chi connectivity index (χ4v) is 4.89. The first-order valence-corrected chi connectivity index (χ1v) is 8.03. The van der Waals surface area contributed by atoms with Crippen molar-refractivity contribution in [2.75, 3.05) is 5.75 Å². The molecule has 6 nitrogen and oxygen atoms in total. The van der Waals surface area contributed by atoms with E-state index in [2.05, 4.69) is 0 Å². The number of nitro benzene ring substituents is 1. The van der Waals surface area contributed by atoms with Crippen molar-refractivity contribution in [3.05, 3.63) is 34.4 Å². The maximum absolute atomic E-state index is 10.6. The standard InChI is InChI=1S/C12H13NO5S2/c14-9-8-5-19-11(9)10(15)12(18-8)20-7-3-1-6(2-4-7)13(16)17/h1-4,8-12,14-15H,5H2/t8-,9+,10+,11+,12-/m0/s1. The van der Waals surface area contributed by atoms with Crippen molar-refractivity contribution in [1.82, 2.24) is 0 Å². The first-order chi connectivity index (χ1) is 9.56. The zero-order valence-electron chi connectivity index (χ0n) is 10.3. The zero-order chi connectivity index (χ0) is 14.3. The van der Waals surface area contributed by atoms with E-state index in [0.29, 0.717) is 5.75 Å². The molecule has 2 heterocycles. The van der Waals surface area contributed by atoms with E-state index in [9.17, 15) is 20.3 Å². The maximum Gasteiger partial charge on any atom is 0.269 e. The molecule has 0 amide bonds. The Kier molecular flexibility index (Phi) is 3.91. The highest BCUT2D eigenvalue weighted by molar-refractivity contribution is 8.01. The monoisotopic (exact) mass is 315 g/mol. The number of thioether (sulfide) groups is 2. The highest BCUT2D eigenvalue weighted by Crippen LogP contribution is 2.43. The van der Waals surface area contributed by atoms with Gasteiger partial charge in [-0.2, -0.15) is 11.8 Å². The zero-order valence-corrected chi connectivity index (χ0v) is 11.9.